The second kappa shape index (κ2) is 12.9. The molecular formula is C45H34N4O3. The largest absolute Gasteiger partial charge is 0.467 e. The maximum atomic E-state index is 14.0. The molecular weight excluding hydrogens is 645 g/mol. The van der Waals surface area contributed by atoms with E-state index in [1.807, 2.05) is 115 Å². The summed E-state index contributed by atoms with van der Waals surface area (Å²) in [5.74, 6) is 0.321. The third kappa shape index (κ3) is 5.43. The predicted molar refractivity (Wildman–Crippen MR) is 206 cm³/mol. The fourth-order valence-electron chi connectivity index (χ4n) is 7.15. The minimum Gasteiger partial charge on any atom is -0.467 e. The molecule has 0 fully saturated rings. The van der Waals surface area contributed by atoms with Crippen LogP contribution in [-0.2, 0) is 0 Å². The first-order chi connectivity index (χ1) is 25.5. The van der Waals surface area contributed by atoms with Crippen LogP contribution in [0.25, 0.3) is 66.6 Å². The van der Waals surface area contributed by atoms with Gasteiger partial charge in [0.05, 0.1) is 27.9 Å². The van der Waals surface area contributed by atoms with Gasteiger partial charge in [0, 0.05) is 22.2 Å². The van der Waals surface area contributed by atoms with E-state index in [1.165, 1.54) is 0 Å². The van der Waals surface area contributed by atoms with Gasteiger partial charge in [-0.3, -0.25) is 0 Å². The van der Waals surface area contributed by atoms with Crippen molar-refractivity contribution in [1.29, 1.82) is 0 Å². The van der Waals surface area contributed by atoms with Crippen LogP contribution in [0.4, 0.5) is 0 Å². The Labute approximate surface area is 300 Å². The number of fused-ring (bicyclic) bond motifs is 8. The molecule has 1 atom stereocenters. The summed E-state index contributed by atoms with van der Waals surface area (Å²) in [6.45, 7) is 4.32. The van der Waals surface area contributed by atoms with Gasteiger partial charge in [-0.1, -0.05) is 135 Å². The topological polar surface area (TPSA) is 92.9 Å². The molecule has 2 N–H and O–H groups in total. The van der Waals surface area contributed by atoms with Crippen LogP contribution in [0.5, 0.6) is 11.8 Å². The smallest absolute Gasteiger partial charge is 0.364 e. The number of benzene rings is 4. The number of hydrogen-bond donors (Lipinski definition) is 2. The van der Waals surface area contributed by atoms with Crippen LogP contribution in [0.1, 0.15) is 36.1 Å². The van der Waals surface area contributed by atoms with E-state index in [0.29, 0.717) is 22.5 Å². The van der Waals surface area contributed by atoms with E-state index >= 15 is 0 Å². The van der Waals surface area contributed by atoms with Crippen LogP contribution in [0.3, 0.4) is 0 Å². The Morgan fingerprint density at radius 2 is 0.904 bits per heavy atom. The lowest BCUT2D eigenvalue weighted by Gasteiger charge is -2.17. The number of aromatic nitrogens is 4. The van der Waals surface area contributed by atoms with E-state index in [9.17, 15) is 4.79 Å². The van der Waals surface area contributed by atoms with E-state index in [4.69, 9.17) is 19.4 Å². The van der Waals surface area contributed by atoms with Gasteiger partial charge in [-0.2, -0.15) is 0 Å². The maximum absolute atomic E-state index is 14.0. The lowest BCUT2D eigenvalue weighted by Crippen LogP contribution is -2.11. The molecule has 7 aromatic rings. The summed E-state index contributed by atoms with van der Waals surface area (Å²) >= 11 is 0. The fourth-order valence-corrected chi connectivity index (χ4v) is 7.15. The fraction of sp³-hybridized carbons (Fsp3) is 0.0889. The normalized spacial score (nSPS) is 13.9. The van der Waals surface area contributed by atoms with Crippen LogP contribution in [0.2, 0.25) is 0 Å². The summed E-state index contributed by atoms with van der Waals surface area (Å²) in [6, 6.07) is 48.1. The Morgan fingerprint density at radius 3 is 1.38 bits per heavy atom. The Morgan fingerprint density at radius 1 is 0.500 bits per heavy atom. The summed E-state index contributed by atoms with van der Waals surface area (Å²) in [5.41, 5.74) is 10.8. The number of nitrogens with zero attached hydrogens (tertiary/aromatic N) is 2. The van der Waals surface area contributed by atoms with Crippen molar-refractivity contribution in [3.8, 4) is 56.3 Å². The number of carbonyl (C=O) groups is 1. The van der Waals surface area contributed by atoms with E-state index in [-0.39, 0.29) is 23.6 Å². The molecule has 252 valence electrons. The van der Waals surface area contributed by atoms with E-state index in [1.54, 1.807) is 0 Å². The molecule has 52 heavy (non-hydrogen) atoms. The highest BCUT2D eigenvalue weighted by Gasteiger charge is 2.32. The molecule has 8 bridgehead atoms. The second-order valence-corrected chi connectivity index (χ2v) is 13.3. The van der Waals surface area contributed by atoms with Gasteiger partial charge in [0.2, 0.25) is 11.8 Å². The summed E-state index contributed by atoms with van der Waals surface area (Å²) in [7, 11) is 0. The van der Waals surface area contributed by atoms with Crippen molar-refractivity contribution in [3.63, 3.8) is 0 Å². The minimum atomic E-state index is -0.527. The number of rotatable bonds is 5. The Hall–Kier alpha value is -6.73. The molecule has 0 radical (unpaired) electrons. The number of esters is 1. The standard InChI is InChI=1S/C45H34N4O3/c1-27(2)42-40-36(28-15-7-3-8-16-28)32-23-25-35(46-32)39(31-21-13-6-14-22-31)44-49-41(45(50)52-44)37(29-17-9-4-10-18-29)33-24-26-34(47-33)38(43(48-40)51-42)30-19-11-5-12-20-30/h3-27,42,46-47H,1-2H3. The number of hydrogen-bond acceptors (Lipinski definition) is 5. The van der Waals surface area contributed by atoms with Crippen molar-refractivity contribution in [1.82, 2.24) is 19.9 Å². The first-order valence-electron chi connectivity index (χ1n) is 17.4. The second-order valence-electron chi connectivity index (χ2n) is 13.3. The summed E-state index contributed by atoms with van der Waals surface area (Å²) in [5, 5.41) is 0. The molecule has 9 rings (SSSR count). The molecule has 4 aromatic carbocycles. The zero-order valence-corrected chi connectivity index (χ0v) is 28.6. The molecule has 0 saturated heterocycles. The first-order valence-corrected chi connectivity index (χ1v) is 17.4. The Balaban J connectivity index is 1.51. The van der Waals surface area contributed by atoms with Crippen molar-refractivity contribution in [2.45, 2.75) is 20.0 Å². The SMILES string of the molecule is CC(C)C1Oc2nc1c(-c1ccccc1)c1ccc([nH]1)c(-c1ccccc1)c1nc(c(-c3ccccc3)c3ccc([nH]3)c2-c2ccccc2)C(=O)O1. The van der Waals surface area contributed by atoms with Gasteiger partial charge in [0.1, 0.15) is 6.10 Å². The summed E-state index contributed by atoms with van der Waals surface area (Å²) < 4.78 is 13.0. The van der Waals surface area contributed by atoms with Crippen molar-refractivity contribution in [3.05, 3.63) is 157 Å². The number of carbonyl (C=O) groups excluding carboxylic acids is 1. The highest BCUT2D eigenvalue weighted by Crippen LogP contribution is 2.45. The van der Waals surface area contributed by atoms with Gasteiger partial charge < -0.3 is 19.4 Å². The molecule has 0 spiro atoms. The average Bonchev–Trinajstić information content (AvgIpc) is 4.00. The number of aromatic amines is 2. The third-order valence-electron chi connectivity index (χ3n) is 9.55. The monoisotopic (exact) mass is 678 g/mol. The zero-order valence-electron chi connectivity index (χ0n) is 28.6. The molecule has 3 aromatic heterocycles. The van der Waals surface area contributed by atoms with Gasteiger partial charge >= 0.3 is 5.97 Å². The quantitative estimate of drug-likeness (QED) is 0.177. The number of nitrogens with one attached hydrogen (secondary N) is 2. The van der Waals surface area contributed by atoms with Gasteiger partial charge in [-0.15, -0.1) is 0 Å². The molecule has 2 aliphatic heterocycles. The van der Waals surface area contributed by atoms with Gasteiger partial charge in [-0.05, 0) is 52.4 Å². The summed E-state index contributed by atoms with van der Waals surface area (Å²) in [4.78, 5) is 31.7. The van der Waals surface area contributed by atoms with E-state index < -0.39 is 5.97 Å². The van der Waals surface area contributed by atoms with Crippen molar-refractivity contribution < 1.29 is 14.3 Å². The Bertz CT molecular complexity index is 2610. The summed E-state index contributed by atoms with van der Waals surface area (Å²) in [6.07, 6.45) is -0.332. The van der Waals surface area contributed by atoms with E-state index in [0.717, 1.165) is 55.6 Å². The predicted octanol–water partition coefficient (Wildman–Crippen LogP) is 11.0. The molecule has 0 aliphatic carbocycles. The lowest BCUT2D eigenvalue weighted by molar-refractivity contribution is 0.0755. The minimum absolute atomic E-state index is 0.105. The third-order valence-corrected chi connectivity index (χ3v) is 9.55. The van der Waals surface area contributed by atoms with Gasteiger partial charge in [-0.25, -0.2) is 14.8 Å². The van der Waals surface area contributed by atoms with Crippen LogP contribution in [-0.4, -0.2) is 25.9 Å². The first kappa shape index (κ1) is 31.3. The van der Waals surface area contributed by atoms with Crippen LogP contribution in [0.15, 0.2) is 146 Å². The highest BCUT2D eigenvalue weighted by atomic mass is 16.6. The molecule has 0 saturated carbocycles. The van der Waals surface area contributed by atoms with Gasteiger partial charge in [0.25, 0.3) is 0 Å². The number of H-pyrrole nitrogens is 2. The highest BCUT2D eigenvalue weighted by molar-refractivity contribution is 6.04. The number of ether oxygens (including phenoxy) is 2. The van der Waals surface area contributed by atoms with Crippen molar-refractivity contribution >= 4 is 28.0 Å². The molecule has 0 amide bonds. The average molecular weight is 679 g/mol. The van der Waals surface area contributed by atoms with Crippen LogP contribution < -0.4 is 9.47 Å². The lowest BCUT2D eigenvalue weighted by atomic mass is 9.96. The Kier molecular flexibility index (Phi) is 7.73. The van der Waals surface area contributed by atoms with Gasteiger partial charge in [0.15, 0.2) is 5.69 Å². The molecule has 7 heteroatoms. The van der Waals surface area contributed by atoms with E-state index in [2.05, 4.69) is 54.1 Å². The molecule has 2 aliphatic rings. The maximum Gasteiger partial charge on any atom is 0.364 e. The zero-order chi connectivity index (χ0) is 35.2. The molecule has 7 nitrogen and oxygen atoms in total. The van der Waals surface area contributed by atoms with Crippen molar-refractivity contribution in [2.75, 3.05) is 0 Å². The van der Waals surface area contributed by atoms with Crippen molar-refractivity contribution in [2.24, 2.45) is 5.92 Å². The molecule has 1 unspecified atom stereocenters. The van der Waals surface area contributed by atoms with Crippen LogP contribution >= 0.6 is 0 Å². The molecule has 5 heterocycles. The van der Waals surface area contributed by atoms with Crippen LogP contribution in [0, 0.1) is 5.92 Å².